The summed E-state index contributed by atoms with van der Waals surface area (Å²) in [6, 6.07) is 5.80. The highest BCUT2D eigenvalue weighted by molar-refractivity contribution is 6.22. The predicted molar refractivity (Wildman–Crippen MR) is 73.9 cm³/mol. The van der Waals surface area contributed by atoms with Crippen molar-refractivity contribution in [2.75, 3.05) is 4.90 Å². The van der Waals surface area contributed by atoms with Crippen LogP contribution < -0.4 is 4.90 Å². The number of hydrogen-bond donors (Lipinski definition) is 0. The van der Waals surface area contributed by atoms with Crippen molar-refractivity contribution < 1.29 is 9.59 Å². The van der Waals surface area contributed by atoms with Crippen LogP contribution in [0.25, 0.3) is 0 Å². The minimum absolute atomic E-state index is 0.0262. The second kappa shape index (κ2) is 4.19. The molecule has 1 saturated carbocycles. The van der Waals surface area contributed by atoms with E-state index in [4.69, 9.17) is 0 Å². The molecular weight excluding hydrogens is 238 g/mol. The molecule has 3 nitrogen and oxygen atoms in total. The first kappa shape index (κ1) is 12.4. The van der Waals surface area contributed by atoms with Gasteiger partial charge in [-0.15, -0.1) is 0 Å². The van der Waals surface area contributed by atoms with Crippen LogP contribution in [0.15, 0.2) is 18.2 Å². The summed E-state index contributed by atoms with van der Waals surface area (Å²) in [6.45, 7) is 4.04. The van der Waals surface area contributed by atoms with Gasteiger partial charge in [-0.25, -0.2) is 0 Å². The van der Waals surface area contributed by atoms with Crippen LogP contribution >= 0.6 is 0 Å². The molecule has 2 fully saturated rings. The zero-order chi connectivity index (χ0) is 13.6. The lowest BCUT2D eigenvalue weighted by atomic mass is 9.84. The number of benzene rings is 1. The van der Waals surface area contributed by atoms with Gasteiger partial charge in [0.05, 0.1) is 11.1 Å². The third-order valence-corrected chi connectivity index (χ3v) is 4.71. The standard InChI is InChI=1S/C16H19NO2/c1-11-5-6-13(9-12(11)2)17-14(18)10-16(15(17)19)7-3-4-8-16/h5-6,9H,3-4,7-8,10H2,1-2H3. The number of carbonyl (C=O) groups excluding carboxylic acids is 2. The second-order valence-electron chi connectivity index (χ2n) is 5.97. The fourth-order valence-electron chi connectivity index (χ4n) is 3.36. The van der Waals surface area contributed by atoms with Gasteiger partial charge in [0.1, 0.15) is 0 Å². The molecule has 0 bridgehead atoms. The van der Waals surface area contributed by atoms with Gasteiger partial charge in [-0.3, -0.25) is 14.5 Å². The molecule has 0 radical (unpaired) electrons. The SMILES string of the molecule is Cc1ccc(N2C(=O)CC3(CCCC3)C2=O)cc1C. The summed E-state index contributed by atoms with van der Waals surface area (Å²) in [7, 11) is 0. The molecule has 0 atom stereocenters. The van der Waals surface area contributed by atoms with Gasteiger partial charge < -0.3 is 0 Å². The van der Waals surface area contributed by atoms with Crippen molar-refractivity contribution in [2.45, 2.75) is 46.0 Å². The summed E-state index contributed by atoms with van der Waals surface area (Å²) in [5.74, 6) is -0.00611. The first-order valence-corrected chi connectivity index (χ1v) is 6.98. The maximum absolute atomic E-state index is 12.6. The maximum atomic E-state index is 12.6. The first-order valence-electron chi connectivity index (χ1n) is 6.98. The normalized spacial score (nSPS) is 21.7. The van der Waals surface area contributed by atoms with E-state index in [1.54, 1.807) is 0 Å². The molecule has 1 saturated heterocycles. The molecule has 0 aromatic heterocycles. The lowest BCUT2D eigenvalue weighted by molar-refractivity contribution is -0.125. The molecule has 1 aliphatic carbocycles. The summed E-state index contributed by atoms with van der Waals surface area (Å²) in [4.78, 5) is 26.3. The Morgan fingerprint density at radius 3 is 2.37 bits per heavy atom. The van der Waals surface area contributed by atoms with E-state index in [-0.39, 0.29) is 17.2 Å². The third kappa shape index (κ3) is 1.79. The molecule has 19 heavy (non-hydrogen) atoms. The Labute approximate surface area is 113 Å². The number of imide groups is 1. The highest BCUT2D eigenvalue weighted by Gasteiger charge is 2.53. The minimum atomic E-state index is -0.379. The van der Waals surface area contributed by atoms with Gasteiger partial charge in [-0.2, -0.15) is 0 Å². The average Bonchev–Trinajstić information content (AvgIpc) is 2.91. The number of rotatable bonds is 1. The summed E-state index contributed by atoms with van der Waals surface area (Å²) in [5, 5.41) is 0. The molecule has 3 heteroatoms. The maximum Gasteiger partial charge on any atom is 0.240 e. The summed E-state index contributed by atoms with van der Waals surface area (Å²) >= 11 is 0. The van der Waals surface area contributed by atoms with Crippen LogP contribution in [0.4, 0.5) is 5.69 Å². The number of nitrogens with zero attached hydrogens (tertiary/aromatic N) is 1. The van der Waals surface area contributed by atoms with E-state index in [0.29, 0.717) is 6.42 Å². The number of aryl methyl sites for hydroxylation is 2. The van der Waals surface area contributed by atoms with E-state index in [0.717, 1.165) is 36.9 Å². The van der Waals surface area contributed by atoms with E-state index in [1.807, 2.05) is 32.0 Å². The average molecular weight is 257 g/mol. The Morgan fingerprint density at radius 1 is 1.05 bits per heavy atom. The van der Waals surface area contributed by atoms with Gasteiger partial charge in [-0.05, 0) is 49.9 Å². The van der Waals surface area contributed by atoms with Crippen LogP contribution in [-0.2, 0) is 9.59 Å². The van der Waals surface area contributed by atoms with Crippen LogP contribution in [0, 0.1) is 19.3 Å². The van der Waals surface area contributed by atoms with Gasteiger partial charge >= 0.3 is 0 Å². The number of amides is 2. The predicted octanol–water partition coefficient (Wildman–Crippen LogP) is 3.13. The lowest BCUT2D eigenvalue weighted by Gasteiger charge is -2.21. The largest absolute Gasteiger partial charge is 0.274 e. The molecule has 0 unspecified atom stereocenters. The highest BCUT2D eigenvalue weighted by atomic mass is 16.2. The molecule has 1 aromatic rings. The van der Waals surface area contributed by atoms with Gasteiger partial charge in [0.25, 0.3) is 0 Å². The van der Waals surface area contributed by atoms with E-state index >= 15 is 0 Å². The van der Waals surface area contributed by atoms with Crippen molar-refractivity contribution in [1.82, 2.24) is 0 Å². The van der Waals surface area contributed by atoms with Crippen LogP contribution in [0.5, 0.6) is 0 Å². The van der Waals surface area contributed by atoms with Crippen molar-refractivity contribution in [3.05, 3.63) is 29.3 Å². The zero-order valence-corrected chi connectivity index (χ0v) is 11.5. The summed E-state index contributed by atoms with van der Waals surface area (Å²) < 4.78 is 0. The van der Waals surface area contributed by atoms with Crippen LogP contribution in [0.1, 0.15) is 43.2 Å². The van der Waals surface area contributed by atoms with Crippen molar-refractivity contribution in [2.24, 2.45) is 5.41 Å². The summed E-state index contributed by atoms with van der Waals surface area (Å²) in [5.41, 5.74) is 2.65. The Balaban J connectivity index is 1.98. The Bertz CT molecular complexity index is 556. The number of hydrogen-bond acceptors (Lipinski definition) is 2. The van der Waals surface area contributed by atoms with E-state index in [9.17, 15) is 9.59 Å². The molecule has 2 aliphatic rings. The molecular formula is C16H19NO2. The van der Waals surface area contributed by atoms with E-state index in [2.05, 4.69) is 0 Å². The highest BCUT2D eigenvalue weighted by Crippen LogP contribution is 2.48. The van der Waals surface area contributed by atoms with Gasteiger partial charge in [0.15, 0.2) is 0 Å². The summed E-state index contributed by atoms with van der Waals surface area (Å²) in [6.07, 6.45) is 4.29. The molecule has 0 N–H and O–H groups in total. The third-order valence-electron chi connectivity index (χ3n) is 4.71. The van der Waals surface area contributed by atoms with Crippen LogP contribution in [0.3, 0.4) is 0 Å². The van der Waals surface area contributed by atoms with Crippen molar-refractivity contribution in [3.8, 4) is 0 Å². The van der Waals surface area contributed by atoms with Gasteiger partial charge in [-0.1, -0.05) is 18.9 Å². The minimum Gasteiger partial charge on any atom is -0.274 e. The molecule has 1 spiro atoms. The Kier molecular flexibility index (Phi) is 2.73. The molecule has 1 aromatic carbocycles. The first-order chi connectivity index (χ1) is 9.03. The van der Waals surface area contributed by atoms with E-state index in [1.165, 1.54) is 10.5 Å². The topological polar surface area (TPSA) is 37.4 Å². The fourth-order valence-corrected chi connectivity index (χ4v) is 3.36. The van der Waals surface area contributed by atoms with Crippen molar-refractivity contribution in [1.29, 1.82) is 0 Å². The molecule has 2 amide bonds. The number of carbonyl (C=O) groups is 2. The van der Waals surface area contributed by atoms with E-state index < -0.39 is 0 Å². The van der Waals surface area contributed by atoms with Gasteiger partial charge in [0.2, 0.25) is 11.8 Å². The Morgan fingerprint density at radius 2 is 1.74 bits per heavy atom. The molecule has 1 aliphatic heterocycles. The van der Waals surface area contributed by atoms with Crippen LogP contribution in [-0.4, -0.2) is 11.8 Å². The molecule has 100 valence electrons. The fraction of sp³-hybridized carbons (Fsp3) is 0.500. The molecule has 1 heterocycles. The van der Waals surface area contributed by atoms with Crippen molar-refractivity contribution >= 4 is 17.5 Å². The zero-order valence-electron chi connectivity index (χ0n) is 11.5. The van der Waals surface area contributed by atoms with Gasteiger partial charge in [0, 0.05) is 6.42 Å². The van der Waals surface area contributed by atoms with Crippen molar-refractivity contribution in [3.63, 3.8) is 0 Å². The smallest absolute Gasteiger partial charge is 0.240 e. The number of anilines is 1. The van der Waals surface area contributed by atoms with Crippen LogP contribution in [0.2, 0.25) is 0 Å². The second-order valence-corrected chi connectivity index (χ2v) is 5.97. The lowest BCUT2D eigenvalue weighted by Crippen LogP contribution is -2.34. The quantitative estimate of drug-likeness (QED) is 0.725. The molecule has 3 rings (SSSR count). The Hall–Kier alpha value is -1.64. The monoisotopic (exact) mass is 257 g/mol.